The van der Waals surface area contributed by atoms with Crippen molar-refractivity contribution in [3.63, 3.8) is 0 Å². The lowest BCUT2D eigenvalue weighted by atomic mass is 9.43. The standard InChI is InChI=1S/C33H50O5/c1-20(9-10-24-14-16-37-31(38-24)21-7-5-4-6-8-21)25-11-12-26-30-27(19-29(36)33(25,26)3)32(2)15-13-23(34)17-22(32)18-28(30)35/h4-8,20,22-31,34-36H,9-19H2,1-3H3/t20-,22+,23-,24-,25-,26+,27+,28-,29+,30+,31+,32+,33-/m1/s1. The lowest BCUT2D eigenvalue weighted by Crippen LogP contribution is -2.62. The number of aliphatic hydroxyl groups is 3. The molecule has 0 spiro atoms. The van der Waals surface area contributed by atoms with E-state index in [1.54, 1.807) is 0 Å². The Labute approximate surface area is 229 Å². The Morgan fingerprint density at radius 2 is 1.74 bits per heavy atom. The Morgan fingerprint density at radius 3 is 2.53 bits per heavy atom. The highest BCUT2D eigenvalue weighted by Crippen LogP contribution is 2.68. The quantitative estimate of drug-likeness (QED) is 0.447. The van der Waals surface area contributed by atoms with E-state index < -0.39 is 0 Å². The van der Waals surface area contributed by atoms with Crippen molar-refractivity contribution in [2.45, 2.75) is 116 Å². The topological polar surface area (TPSA) is 79.2 Å². The minimum Gasteiger partial charge on any atom is -0.393 e. The van der Waals surface area contributed by atoms with Crippen LogP contribution in [0.25, 0.3) is 0 Å². The summed E-state index contributed by atoms with van der Waals surface area (Å²) in [5.74, 6) is 2.37. The maximum absolute atomic E-state index is 11.8. The molecule has 3 N–H and O–H groups in total. The van der Waals surface area contributed by atoms with Crippen LogP contribution < -0.4 is 0 Å². The highest BCUT2D eigenvalue weighted by Gasteiger charge is 2.65. The van der Waals surface area contributed by atoms with Crippen LogP contribution in [0.4, 0.5) is 0 Å². The van der Waals surface area contributed by atoms with Crippen LogP contribution in [0.5, 0.6) is 0 Å². The molecule has 1 aliphatic heterocycles. The second-order valence-electron chi connectivity index (χ2n) is 14.2. The smallest absolute Gasteiger partial charge is 0.184 e. The van der Waals surface area contributed by atoms with Gasteiger partial charge in [-0.05, 0) is 111 Å². The van der Waals surface area contributed by atoms with Crippen molar-refractivity contribution in [1.29, 1.82) is 0 Å². The zero-order valence-electron chi connectivity index (χ0n) is 23.7. The molecule has 4 saturated carbocycles. The number of benzene rings is 1. The van der Waals surface area contributed by atoms with Crippen LogP contribution in [-0.4, -0.2) is 46.3 Å². The molecule has 1 aromatic rings. The molecule has 1 saturated heterocycles. The molecular formula is C33H50O5. The van der Waals surface area contributed by atoms with E-state index in [4.69, 9.17) is 9.47 Å². The molecule has 38 heavy (non-hydrogen) atoms. The lowest BCUT2D eigenvalue weighted by molar-refractivity contribution is -0.220. The maximum Gasteiger partial charge on any atom is 0.184 e. The fourth-order valence-corrected chi connectivity index (χ4v) is 10.4. The van der Waals surface area contributed by atoms with Gasteiger partial charge in [-0.2, -0.15) is 0 Å². The fourth-order valence-electron chi connectivity index (χ4n) is 10.4. The van der Waals surface area contributed by atoms with Crippen LogP contribution in [0.15, 0.2) is 30.3 Å². The van der Waals surface area contributed by atoms with Gasteiger partial charge in [-0.25, -0.2) is 0 Å². The molecule has 6 rings (SSSR count). The van der Waals surface area contributed by atoms with E-state index in [9.17, 15) is 15.3 Å². The molecule has 0 radical (unpaired) electrons. The van der Waals surface area contributed by atoms with Crippen molar-refractivity contribution in [3.8, 4) is 0 Å². The van der Waals surface area contributed by atoms with Crippen LogP contribution in [0.2, 0.25) is 0 Å². The maximum atomic E-state index is 11.8. The van der Waals surface area contributed by atoms with Crippen molar-refractivity contribution in [1.82, 2.24) is 0 Å². The second-order valence-corrected chi connectivity index (χ2v) is 14.2. The first-order valence-electron chi connectivity index (χ1n) is 15.6. The predicted molar refractivity (Wildman–Crippen MR) is 147 cm³/mol. The Morgan fingerprint density at radius 1 is 0.947 bits per heavy atom. The summed E-state index contributed by atoms with van der Waals surface area (Å²) in [6, 6.07) is 10.2. The summed E-state index contributed by atoms with van der Waals surface area (Å²) in [6.45, 7) is 7.89. The summed E-state index contributed by atoms with van der Waals surface area (Å²) < 4.78 is 12.3. The van der Waals surface area contributed by atoms with Gasteiger partial charge in [-0.1, -0.05) is 51.1 Å². The zero-order chi connectivity index (χ0) is 26.7. The summed E-state index contributed by atoms with van der Waals surface area (Å²) >= 11 is 0. The number of hydrogen-bond acceptors (Lipinski definition) is 5. The van der Waals surface area contributed by atoms with E-state index in [1.807, 2.05) is 18.2 Å². The van der Waals surface area contributed by atoms with Gasteiger partial charge in [0.15, 0.2) is 6.29 Å². The minimum atomic E-state index is -0.319. The largest absolute Gasteiger partial charge is 0.393 e. The number of fused-ring (bicyclic) bond motifs is 5. The van der Waals surface area contributed by atoms with Gasteiger partial charge in [0.05, 0.1) is 31.0 Å². The van der Waals surface area contributed by atoms with Gasteiger partial charge >= 0.3 is 0 Å². The molecule has 5 fully saturated rings. The minimum absolute atomic E-state index is 0.130. The van der Waals surface area contributed by atoms with E-state index >= 15 is 0 Å². The summed E-state index contributed by atoms with van der Waals surface area (Å²) in [5.41, 5.74) is 1.08. The first-order chi connectivity index (χ1) is 18.2. The molecule has 0 amide bonds. The van der Waals surface area contributed by atoms with Gasteiger partial charge in [0.2, 0.25) is 0 Å². The third-order valence-corrected chi connectivity index (χ3v) is 12.6. The van der Waals surface area contributed by atoms with Crippen molar-refractivity contribution in [2.75, 3.05) is 6.61 Å². The van der Waals surface area contributed by atoms with Gasteiger partial charge in [0, 0.05) is 5.56 Å². The average molecular weight is 527 g/mol. The van der Waals surface area contributed by atoms with Crippen molar-refractivity contribution in [2.24, 2.45) is 46.3 Å². The van der Waals surface area contributed by atoms with Crippen LogP contribution in [0.3, 0.4) is 0 Å². The highest BCUT2D eigenvalue weighted by molar-refractivity contribution is 5.17. The first kappa shape index (κ1) is 27.2. The SMILES string of the molecule is C[C@H](CC[C@@H]1CCO[C@H](c2ccccc2)O1)[C@H]1CC[C@H]2[C@@H]3[C@H](O)C[C@@H]4C[C@H](O)CC[C@]4(C)[C@H]3C[C@H](O)[C@]12C. The molecule has 4 aliphatic carbocycles. The second kappa shape index (κ2) is 10.4. The molecule has 5 nitrogen and oxygen atoms in total. The van der Waals surface area contributed by atoms with E-state index in [0.29, 0.717) is 29.6 Å². The Kier molecular flexibility index (Phi) is 7.48. The molecular weight excluding hydrogens is 476 g/mol. The molecule has 13 atom stereocenters. The van der Waals surface area contributed by atoms with E-state index in [1.165, 1.54) is 0 Å². The van der Waals surface area contributed by atoms with Crippen LogP contribution in [-0.2, 0) is 9.47 Å². The van der Waals surface area contributed by atoms with Crippen molar-refractivity contribution < 1.29 is 24.8 Å². The Hall–Kier alpha value is -0.980. The molecule has 5 heteroatoms. The molecule has 1 heterocycles. The Balaban J connectivity index is 1.13. The van der Waals surface area contributed by atoms with Gasteiger partial charge in [0.25, 0.3) is 0 Å². The van der Waals surface area contributed by atoms with Gasteiger partial charge in [0.1, 0.15) is 0 Å². The Bertz CT molecular complexity index is 954. The van der Waals surface area contributed by atoms with Crippen LogP contribution in [0.1, 0.15) is 96.8 Å². The number of ether oxygens (including phenoxy) is 2. The molecule has 1 aromatic carbocycles. The van der Waals surface area contributed by atoms with Crippen molar-refractivity contribution in [3.05, 3.63) is 35.9 Å². The molecule has 0 aromatic heterocycles. The summed E-state index contributed by atoms with van der Waals surface area (Å²) in [6.07, 6.45) is 8.75. The van der Waals surface area contributed by atoms with Crippen molar-refractivity contribution >= 4 is 0 Å². The third kappa shape index (κ3) is 4.49. The van der Waals surface area contributed by atoms with Gasteiger partial charge in [-0.15, -0.1) is 0 Å². The van der Waals surface area contributed by atoms with E-state index in [2.05, 4.69) is 32.9 Å². The fraction of sp³-hybridized carbons (Fsp3) is 0.818. The number of hydrogen-bond donors (Lipinski definition) is 3. The monoisotopic (exact) mass is 526 g/mol. The molecule has 212 valence electrons. The van der Waals surface area contributed by atoms with Gasteiger partial charge in [-0.3, -0.25) is 0 Å². The highest BCUT2D eigenvalue weighted by atomic mass is 16.7. The first-order valence-corrected chi connectivity index (χ1v) is 15.6. The normalized spacial score (nSPS) is 49.5. The summed E-state index contributed by atoms with van der Waals surface area (Å²) in [5, 5.41) is 33.7. The number of rotatable bonds is 5. The zero-order valence-corrected chi connectivity index (χ0v) is 23.7. The lowest BCUT2D eigenvalue weighted by Gasteiger charge is -2.63. The third-order valence-electron chi connectivity index (χ3n) is 12.6. The van der Waals surface area contributed by atoms with Crippen LogP contribution >= 0.6 is 0 Å². The summed E-state index contributed by atoms with van der Waals surface area (Å²) in [7, 11) is 0. The summed E-state index contributed by atoms with van der Waals surface area (Å²) in [4.78, 5) is 0. The predicted octanol–water partition coefficient (Wildman–Crippen LogP) is 5.87. The average Bonchev–Trinajstić information content (AvgIpc) is 3.28. The van der Waals surface area contributed by atoms with E-state index in [0.717, 1.165) is 76.4 Å². The molecule has 0 bridgehead atoms. The number of aliphatic hydroxyl groups excluding tert-OH is 3. The van der Waals surface area contributed by atoms with Gasteiger partial charge < -0.3 is 24.8 Å². The van der Waals surface area contributed by atoms with E-state index in [-0.39, 0.29) is 47.5 Å². The molecule has 0 unspecified atom stereocenters. The van der Waals surface area contributed by atoms with Crippen LogP contribution in [0, 0.1) is 46.3 Å². The molecule has 5 aliphatic rings.